The summed E-state index contributed by atoms with van der Waals surface area (Å²) in [6.45, 7) is -0.0173. The number of likely N-dealkylation sites (tertiary alicyclic amines) is 1. The van der Waals surface area contributed by atoms with Gasteiger partial charge < -0.3 is 20.3 Å². The Morgan fingerprint density at radius 2 is 2.00 bits per heavy atom. The molecule has 1 aromatic heterocycles. The largest absolute Gasteiger partial charge is 0.391 e. The molecular weight excluding hydrogens is 332 g/mol. The number of aryl methyl sites for hydroxylation is 1. The van der Waals surface area contributed by atoms with Gasteiger partial charge in [-0.3, -0.25) is 9.59 Å². The first-order chi connectivity index (χ1) is 11.8. The zero-order valence-corrected chi connectivity index (χ0v) is 13.4. The van der Waals surface area contributed by atoms with E-state index in [1.807, 2.05) is 0 Å². The predicted molar refractivity (Wildman–Crippen MR) is 84.7 cm³/mol. The first-order valence-corrected chi connectivity index (χ1v) is 7.68. The van der Waals surface area contributed by atoms with Crippen molar-refractivity contribution in [3.05, 3.63) is 58.9 Å². The van der Waals surface area contributed by atoms with Crippen LogP contribution in [-0.4, -0.2) is 39.0 Å². The van der Waals surface area contributed by atoms with Gasteiger partial charge in [0.15, 0.2) is 0 Å². The number of nitrogens with zero attached hydrogens (tertiary/aromatic N) is 2. The van der Waals surface area contributed by atoms with E-state index in [-0.39, 0.29) is 29.8 Å². The summed E-state index contributed by atoms with van der Waals surface area (Å²) in [4.78, 5) is 25.4. The van der Waals surface area contributed by atoms with E-state index in [1.165, 1.54) is 21.7 Å². The number of hydrogen-bond donors (Lipinski definition) is 2. The number of halogens is 2. The molecule has 0 spiro atoms. The van der Waals surface area contributed by atoms with Crippen LogP contribution in [0.5, 0.6) is 0 Å². The number of aliphatic hydroxyl groups is 1. The topological polar surface area (TPSA) is 88.6 Å². The Hall–Kier alpha value is -2.74. The van der Waals surface area contributed by atoms with Crippen molar-refractivity contribution in [3.63, 3.8) is 0 Å². The molecule has 132 valence electrons. The summed E-state index contributed by atoms with van der Waals surface area (Å²) < 4.78 is 29.1. The maximum atomic E-state index is 14.1. The summed E-state index contributed by atoms with van der Waals surface area (Å²) in [6, 6.07) is 3.55. The van der Waals surface area contributed by atoms with Crippen LogP contribution in [0, 0.1) is 11.6 Å². The fourth-order valence-electron chi connectivity index (χ4n) is 3.16. The number of aromatic nitrogens is 1. The average molecular weight is 349 g/mol. The molecule has 0 bridgehead atoms. The van der Waals surface area contributed by atoms with Crippen molar-refractivity contribution >= 4 is 11.8 Å². The summed E-state index contributed by atoms with van der Waals surface area (Å²) in [5.74, 6) is -2.45. The van der Waals surface area contributed by atoms with Crippen LogP contribution in [-0.2, 0) is 7.05 Å². The van der Waals surface area contributed by atoms with Gasteiger partial charge in [-0.15, -0.1) is 0 Å². The lowest BCUT2D eigenvalue weighted by Gasteiger charge is -2.25. The Labute approximate surface area is 142 Å². The van der Waals surface area contributed by atoms with E-state index in [1.54, 1.807) is 7.05 Å². The minimum absolute atomic E-state index is 0.00855. The van der Waals surface area contributed by atoms with Gasteiger partial charge in [0.05, 0.1) is 17.7 Å². The molecule has 1 aliphatic heterocycles. The summed E-state index contributed by atoms with van der Waals surface area (Å²) in [7, 11) is 1.57. The van der Waals surface area contributed by atoms with Crippen LogP contribution in [0.15, 0.2) is 30.5 Å². The first kappa shape index (κ1) is 17.1. The smallest absolute Gasteiger partial charge is 0.271 e. The highest BCUT2D eigenvalue weighted by atomic mass is 19.1. The molecule has 0 saturated carbocycles. The molecular formula is C17H17F2N3O3. The maximum absolute atomic E-state index is 14.1. The van der Waals surface area contributed by atoms with Crippen molar-refractivity contribution in [1.82, 2.24) is 9.47 Å². The lowest BCUT2D eigenvalue weighted by Crippen LogP contribution is -2.33. The lowest BCUT2D eigenvalue weighted by atomic mass is 10.0. The molecule has 25 heavy (non-hydrogen) atoms. The molecule has 2 aromatic rings. The van der Waals surface area contributed by atoms with Crippen LogP contribution in [0.2, 0.25) is 0 Å². The lowest BCUT2D eigenvalue weighted by molar-refractivity contribution is 0.0704. The monoisotopic (exact) mass is 349 g/mol. The van der Waals surface area contributed by atoms with Gasteiger partial charge in [-0.1, -0.05) is 0 Å². The van der Waals surface area contributed by atoms with Gasteiger partial charge >= 0.3 is 0 Å². The fourth-order valence-corrected chi connectivity index (χ4v) is 3.16. The summed E-state index contributed by atoms with van der Waals surface area (Å²) in [5.41, 5.74) is 5.56. The highest BCUT2D eigenvalue weighted by Crippen LogP contribution is 2.35. The van der Waals surface area contributed by atoms with Crippen LogP contribution in [0.25, 0.3) is 0 Å². The third-order valence-electron chi connectivity index (χ3n) is 4.37. The van der Waals surface area contributed by atoms with Crippen LogP contribution >= 0.6 is 0 Å². The number of benzene rings is 1. The number of nitrogens with two attached hydrogens (primary N) is 1. The van der Waals surface area contributed by atoms with Crippen molar-refractivity contribution < 1.29 is 23.5 Å². The van der Waals surface area contributed by atoms with Gasteiger partial charge in [-0.25, -0.2) is 8.78 Å². The maximum Gasteiger partial charge on any atom is 0.271 e. The molecule has 2 heterocycles. The van der Waals surface area contributed by atoms with E-state index in [9.17, 15) is 23.5 Å². The number of aliphatic hydroxyl groups excluding tert-OH is 1. The molecule has 3 N–H and O–H groups in total. The Balaban J connectivity index is 1.98. The number of amides is 2. The number of rotatable bonds is 3. The zero-order chi connectivity index (χ0) is 18.3. The van der Waals surface area contributed by atoms with Crippen molar-refractivity contribution in [2.24, 2.45) is 12.8 Å². The van der Waals surface area contributed by atoms with E-state index in [0.29, 0.717) is 0 Å². The number of carbonyl (C=O) groups excluding carboxylic acids is 2. The second kappa shape index (κ2) is 6.29. The molecule has 1 fully saturated rings. The quantitative estimate of drug-likeness (QED) is 0.877. The molecule has 1 aromatic carbocycles. The third-order valence-corrected chi connectivity index (χ3v) is 4.37. The number of primary amides is 1. The second-order valence-corrected chi connectivity index (χ2v) is 6.12. The molecule has 2 amide bonds. The standard InChI is InChI=1S/C17H17F2N3O3/c1-21-7-9(16(20)24)4-15(21)17(25)22-8-11(23)6-14(22)12-5-10(18)2-3-13(12)19/h2-5,7,11,14,23H,6,8H2,1H3,(H2,20,24). The van der Waals surface area contributed by atoms with Crippen LogP contribution in [0.4, 0.5) is 8.78 Å². The minimum Gasteiger partial charge on any atom is -0.391 e. The van der Waals surface area contributed by atoms with E-state index >= 15 is 0 Å². The number of carbonyl (C=O) groups is 2. The molecule has 3 rings (SSSR count). The second-order valence-electron chi connectivity index (χ2n) is 6.12. The molecule has 8 heteroatoms. The predicted octanol–water partition coefficient (Wildman–Crippen LogP) is 1.35. The van der Waals surface area contributed by atoms with Crippen molar-refractivity contribution in [2.45, 2.75) is 18.6 Å². The molecule has 0 aliphatic carbocycles. The van der Waals surface area contributed by atoms with E-state index in [4.69, 9.17) is 5.73 Å². The van der Waals surface area contributed by atoms with E-state index in [2.05, 4.69) is 0 Å². The molecule has 2 unspecified atom stereocenters. The van der Waals surface area contributed by atoms with E-state index in [0.717, 1.165) is 18.2 Å². The molecule has 0 radical (unpaired) electrons. The van der Waals surface area contributed by atoms with Crippen molar-refractivity contribution in [3.8, 4) is 0 Å². The fraction of sp³-hybridized carbons (Fsp3) is 0.294. The van der Waals surface area contributed by atoms with Crippen molar-refractivity contribution in [1.29, 1.82) is 0 Å². The molecule has 1 aliphatic rings. The summed E-state index contributed by atoms with van der Waals surface area (Å²) in [6.07, 6.45) is 0.659. The average Bonchev–Trinajstić information content (AvgIpc) is 3.12. The van der Waals surface area contributed by atoms with E-state index < -0.39 is 35.6 Å². The summed E-state index contributed by atoms with van der Waals surface area (Å²) in [5, 5.41) is 9.96. The van der Waals surface area contributed by atoms with Gasteiger partial charge in [0.1, 0.15) is 17.3 Å². The third kappa shape index (κ3) is 3.12. The normalized spacial score (nSPS) is 20.1. The van der Waals surface area contributed by atoms with Gasteiger partial charge in [-0.05, 0) is 30.7 Å². The summed E-state index contributed by atoms with van der Waals surface area (Å²) >= 11 is 0. The highest BCUT2D eigenvalue weighted by molar-refractivity contribution is 5.99. The number of β-amino-alcohol motifs (C(OH)–C–C–N with tert-alkyl or cyclic N) is 1. The Morgan fingerprint density at radius 1 is 1.28 bits per heavy atom. The van der Waals surface area contributed by atoms with Gasteiger partial charge in [0, 0.05) is 25.4 Å². The minimum atomic E-state index is -0.854. The van der Waals surface area contributed by atoms with Crippen LogP contribution in [0.1, 0.15) is 38.9 Å². The number of hydrogen-bond acceptors (Lipinski definition) is 3. The highest BCUT2D eigenvalue weighted by Gasteiger charge is 2.38. The van der Waals surface area contributed by atoms with Gasteiger partial charge in [0.2, 0.25) is 5.91 Å². The first-order valence-electron chi connectivity index (χ1n) is 7.68. The van der Waals surface area contributed by atoms with Crippen molar-refractivity contribution in [2.75, 3.05) is 6.54 Å². The van der Waals surface area contributed by atoms with Gasteiger partial charge in [0.25, 0.3) is 5.91 Å². The SMILES string of the molecule is Cn1cc(C(N)=O)cc1C(=O)N1CC(O)CC1c1cc(F)ccc1F. The Morgan fingerprint density at radius 3 is 2.64 bits per heavy atom. The van der Waals surface area contributed by atoms with Crippen LogP contribution in [0.3, 0.4) is 0 Å². The van der Waals surface area contributed by atoms with Gasteiger partial charge in [-0.2, -0.15) is 0 Å². The molecule has 6 nitrogen and oxygen atoms in total. The molecule has 2 atom stereocenters. The Kier molecular flexibility index (Phi) is 4.30. The Bertz CT molecular complexity index is 850. The zero-order valence-electron chi connectivity index (χ0n) is 13.4. The van der Waals surface area contributed by atoms with Crippen LogP contribution < -0.4 is 5.73 Å². The molecule has 1 saturated heterocycles.